The van der Waals surface area contributed by atoms with E-state index in [1.54, 1.807) is 18.2 Å². The van der Waals surface area contributed by atoms with Gasteiger partial charge in [-0.25, -0.2) is 0 Å². The summed E-state index contributed by atoms with van der Waals surface area (Å²) in [4.78, 5) is 0. The Morgan fingerprint density at radius 3 is 2.76 bits per heavy atom. The van der Waals surface area contributed by atoms with Crippen LogP contribution in [0.25, 0.3) is 0 Å². The van der Waals surface area contributed by atoms with Crippen LogP contribution in [0.1, 0.15) is 11.5 Å². The maximum Gasteiger partial charge on any atom is 0.138 e. The molecule has 1 aromatic heterocycles. The van der Waals surface area contributed by atoms with E-state index in [1.165, 1.54) is 0 Å². The average Bonchev–Trinajstić information content (AvgIpc) is 2.83. The molecule has 1 atom stereocenters. The summed E-state index contributed by atoms with van der Waals surface area (Å²) in [6.07, 6.45) is -0.646. The van der Waals surface area contributed by atoms with Crippen molar-refractivity contribution in [2.24, 2.45) is 0 Å². The van der Waals surface area contributed by atoms with Crippen LogP contribution in [0.5, 0.6) is 5.75 Å². The molecule has 6 heteroatoms. The third-order valence-electron chi connectivity index (χ3n) is 2.80. The summed E-state index contributed by atoms with van der Waals surface area (Å²) >= 11 is 11.8. The van der Waals surface area contributed by atoms with Gasteiger partial charge < -0.3 is 19.6 Å². The molecule has 2 rings (SSSR count). The van der Waals surface area contributed by atoms with Gasteiger partial charge in [0.25, 0.3) is 0 Å². The highest BCUT2D eigenvalue weighted by Gasteiger charge is 2.08. The van der Waals surface area contributed by atoms with Crippen molar-refractivity contribution in [3.63, 3.8) is 0 Å². The molecule has 1 heterocycles. The number of ether oxygens (including phenoxy) is 1. The van der Waals surface area contributed by atoms with Crippen molar-refractivity contribution in [2.75, 3.05) is 13.2 Å². The number of furan rings is 1. The summed E-state index contributed by atoms with van der Waals surface area (Å²) in [5.74, 6) is 2.20. The van der Waals surface area contributed by atoms with Gasteiger partial charge >= 0.3 is 0 Å². The lowest BCUT2D eigenvalue weighted by atomic mass is 10.3. The number of aryl methyl sites for hydroxylation is 1. The molecule has 21 heavy (non-hydrogen) atoms. The Bertz CT molecular complexity index is 586. The first-order valence-corrected chi connectivity index (χ1v) is 7.32. The lowest BCUT2D eigenvalue weighted by Crippen LogP contribution is -2.31. The third kappa shape index (κ3) is 5.25. The van der Waals surface area contributed by atoms with Crippen LogP contribution in [0.4, 0.5) is 0 Å². The number of nitrogens with one attached hydrogen (secondary N) is 1. The van der Waals surface area contributed by atoms with Gasteiger partial charge in [0.15, 0.2) is 0 Å². The summed E-state index contributed by atoms with van der Waals surface area (Å²) in [7, 11) is 0. The Labute approximate surface area is 133 Å². The molecule has 4 nitrogen and oxygen atoms in total. The number of hydrogen-bond acceptors (Lipinski definition) is 4. The topological polar surface area (TPSA) is 54.6 Å². The Balaban J connectivity index is 1.70. The van der Waals surface area contributed by atoms with Gasteiger partial charge in [0.05, 0.1) is 11.6 Å². The van der Waals surface area contributed by atoms with Crippen molar-refractivity contribution in [3.8, 4) is 5.75 Å². The lowest BCUT2D eigenvalue weighted by molar-refractivity contribution is 0.106. The highest BCUT2D eigenvalue weighted by molar-refractivity contribution is 6.35. The SMILES string of the molecule is Cc1ccc(CNCC(O)COc2ccc(Cl)cc2Cl)o1. The van der Waals surface area contributed by atoms with Gasteiger partial charge in [-0.3, -0.25) is 0 Å². The van der Waals surface area contributed by atoms with Gasteiger partial charge in [-0.1, -0.05) is 23.2 Å². The van der Waals surface area contributed by atoms with Crippen LogP contribution < -0.4 is 10.1 Å². The Morgan fingerprint density at radius 1 is 1.29 bits per heavy atom. The normalized spacial score (nSPS) is 12.4. The van der Waals surface area contributed by atoms with Crippen molar-refractivity contribution in [2.45, 2.75) is 19.6 Å². The molecule has 0 aliphatic heterocycles. The fourth-order valence-corrected chi connectivity index (χ4v) is 2.24. The van der Waals surface area contributed by atoms with Gasteiger partial charge in [-0.2, -0.15) is 0 Å². The van der Waals surface area contributed by atoms with Crippen LogP contribution in [0.3, 0.4) is 0 Å². The quantitative estimate of drug-likeness (QED) is 0.817. The molecule has 0 aliphatic rings. The van der Waals surface area contributed by atoms with E-state index in [9.17, 15) is 5.11 Å². The molecule has 0 bridgehead atoms. The highest BCUT2D eigenvalue weighted by atomic mass is 35.5. The predicted octanol–water partition coefficient (Wildman–Crippen LogP) is 3.42. The number of aliphatic hydroxyl groups excluding tert-OH is 1. The molecule has 114 valence electrons. The number of halogens is 2. The minimum Gasteiger partial charge on any atom is -0.489 e. The van der Waals surface area contributed by atoms with E-state index in [-0.39, 0.29) is 6.61 Å². The first-order valence-electron chi connectivity index (χ1n) is 6.56. The van der Waals surface area contributed by atoms with Crippen LogP contribution >= 0.6 is 23.2 Å². The summed E-state index contributed by atoms with van der Waals surface area (Å²) in [5, 5.41) is 13.9. The third-order valence-corrected chi connectivity index (χ3v) is 3.33. The minimum atomic E-state index is -0.646. The molecule has 1 aromatic carbocycles. The van der Waals surface area contributed by atoms with E-state index in [0.717, 1.165) is 11.5 Å². The first-order chi connectivity index (χ1) is 10.0. The monoisotopic (exact) mass is 329 g/mol. The zero-order valence-corrected chi connectivity index (χ0v) is 13.1. The van der Waals surface area contributed by atoms with Crippen molar-refractivity contribution in [1.29, 1.82) is 0 Å². The van der Waals surface area contributed by atoms with Crippen LogP contribution in [0, 0.1) is 6.92 Å². The minimum absolute atomic E-state index is 0.144. The van der Waals surface area contributed by atoms with E-state index in [2.05, 4.69) is 5.32 Å². The zero-order chi connectivity index (χ0) is 15.2. The second kappa shape index (κ2) is 7.71. The maximum absolute atomic E-state index is 9.85. The summed E-state index contributed by atoms with van der Waals surface area (Å²) in [5.41, 5.74) is 0. The fraction of sp³-hybridized carbons (Fsp3) is 0.333. The standard InChI is InChI=1S/C15H17Cl2NO3/c1-10-2-4-13(21-10)8-18-7-12(19)9-20-15-5-3-11(16)6-14(15)17/h2-6,12,18-19H,7-9H2,1H3. The zero-order valence-electron chi connectivity index (χ0n) is 11.6. The molecule has 0 saturated heterocycles. The highest BCUT2D eigenvalue weighted by Crippen LogP contribution is 2.27. The maximum atomic E-state index is 9.85. The van der Waals surface area contributed by atoms with Gasteiger partial charge in [0, 0.05) is 11.6 Å². The van der Waals surface area contributed by atoms with Crippen LogP contribution in [0.2, 0.25) is 10.0 Å². The van der Waals surface area contributed by atoms with Gasteiger partial charge in [-0.05, 0) is 37.3 Å². The number of rotatable bonds is 7. The van der Waals surface area contributed by atoms with Gasteiger partial charge in [-0.15, -0.1) is 0 Å². The van der Waals surface area contributed by atoms with Gasteiger partial charge in [0.2, 0.25) is 0 Å². The molecule has 0 fully saturated rings. The van der Waals surface area contributed by atoms with Gasteiger partial charge in [0.1, 0.15) is 30.0 Å². The molecule has 0 amide bonds. The van der Waals surface area contributed by atoms with Crippen LogP contribution in [-0.2, 0) is 6.54 Å². The number of benzene rings is 1. The van der Waals surface area contributed by atoms with Crippen LogP contribution in [-0.4, -0.2) is 24.4 Å². The van der Waals surface area contributed by atoms with E-state index in [4.69, 9.17) is 32.4 Å². The number of aliphatic hydroxyl groups is 1. The first kappa shape index (κ1) is 16.2. The van der Waals surface area contributed by atoms with Crippen molar-refractivity contribution in [3.05, 3.63) is 51.9 Å². The van der Waals surface area contributed by atoms with Crippen molar-refractivity contribution < 1.29 is 14.3 Å². The molecule has 0 saturated carbocycles. The molecule has 2 aromatic rings. The molecule has 2 N–H and O–H groups in total. The molecule has 0 spiro atoms. The second-order valence-corrected chi connectivity index (χ2v) is 5.53. The van der Waals surface area contributed by atoms with Crippen LogP contribution in [0.15, 0.2) is 34.7 Å². The predicted molar refractivity (Wildman–Crippen MR) is 83.1 cm³/mol. The van der Waals surface area contributed by atoms with E-state index < -0.39 is 6.10 Å². The van der Waals surface area contributed by atoms with E-state index in [1.807, 2.05) is 19.1 Å². The molecule has 1 unspecified atom stereocenters. The smallest absolute Gasteiger partial charge is 0.138 e. The largest absolute Gasteiger partial charge is 0.489 e. The molecule has 0 radical (unpaired) electrons. The lowest BCUT2D eigenvalue weighted by Gasteiger charge is -2.13. The number of hydrogen-bond donors (Lipinski definition) is 2. The van der Waals surface area contributed by atoms with Crippen molar-refractivity contribution in [1.82, 2.24) is 5.32 Å². The molecular weight excluding hydrogens is 313 g/mol. The Kier molecular flexibility index (Phi) is 5.94. The summed E-state index contributed by atoms with van der Waals surface area (Å²) < 4.78 is 10.9. The summed E-state index contributed by atoms with van der Waals surface area (Å²) in [6, 6.07) is 8.77. The Morgan fingerprint density at radius 2 is 2.10 bits per heavy atom. The second-order valence-electron chi connectivity index (χ2n) is 4.68. The average molecular weight is 330 g/mol. The van der Waals surface area contributed by atoms with E-state index >= 15 is 0 Å². The fourth-order valence-electron chi connectivity index (χ4n) is 1.78. The molecule has 0 aliphatic carbocycles. The molecular formula is C15H17Cl2NO3. The summed E-state index contributed by atoms with van der Waals surface area (Å²) in [6.45, 7) is 2.99. The van der Waals surface area contributed by atoms with Crippen molar-refractivity contribution >= 4 is 23.2 Å². The Hall–Kier alpha value is -1.20. The van der Waals surface area contributed by atoms with E-state index in [0.29, 0.717) is 28.9 Å².